The number of carbonyl (C=O) groups excluding carboxylic acids is 1. The van der Waals surface area contributed by atoms with Gasteiger partial charge in [0.25, 0.3) is 5.91 Å². The summed E-state index contributed by atoms with van der Waals surface area (Å²) in [6, 6.07) is 7.60. The van der Waals surface area contributed by atoms with Crippen molar-refractivity contribution in [2.24, 2.45) is 4.99 Å². The van der Waals surface area contributed by atoms with Gasteiger partial charge in [0.05, 0.1) is 12.2 Å². The zero-order chi connectivity index (χ0) is 20.7. The molecule has 7 nitrogen and oxygen atoms in total. The van der Waals surface area contributed by atoms with Crippen molar-refractivity contribution in [1.82, 2.24) is 20.1 Å². The van der Waals surface area contributed by atoms with Gasteiger partial charge in [0, 0.05) is 52.8 Å². The molecule has 1 N–H and O–H groups in total. The summed E-state index contributed by atoms with van der Waals surface area (Å²) >= 11 is 1.61. The Morgan fingerprint density at radius 1 is 1.29 bits per heavy atom. The summed E-state index contributed by atoms with van der Waals surface area (Å²) in [7, 11) is 8.92. The van der Waals surface area contributed by atoms with E-state index in [1.54, 1.807) is 44.5 Å². The monoisotopic (exact) mass is 403 g/mol. The quantitative estimate of drug-likeness (QED) is 0.569. The van der Waals surface area contributed by atoms with Gasteiger partial charge in [0.2, 0.25) is 0 Å². The minimum Gasteiger partial charge on any atom is -0.375 e. The van der Waals surface area contributed by atoms with Crippen molar-refractivity contribution in [2.75, 3.05) is 35.3 Å². The molecule has 28 heavy (non-hydrogen) atoms. The van der Waals surface area contributed by atoms with E-state index in [1.165, 1.54) is 0 Å². The SMILES string of the molecule is CN=C(NCc1ccc(C(=O)N(C)C)cc1)N(C)Cc1csc(C(C)OC)n1. The summed E-state index contributed by atoms with van der Waals surface area (Å²) in [5.41, 5.74) is 2.75. The third-order valence-electron chi connectivity index (χ3n) is 4.30. The number of nitrogens with zero attached hydrogens (tertiary/aromatic N) is 4. The Labute approximate surface area is 171 Å². The third-order valence-corrected chi connectivity index (χ3v) is 5.36. The largest absolute Gasteiger partial charge is 0.375 e. The van der Waals surface area contributed by atoms with Gasteiger partial charge in [-0.25, -0.2) is 4.98 Å². The van der Waals surface area contributed by atoms with E-state index in [9.17, 15) is 4.79 Å². The molecule has 0 radical (unpaired) electrons. The molecule has 1 heterocycles. The number of ether oxygens (including phenoxy) is 1. The second-order valence-electron chi connectivity index (χ2n) is 6.71. The Kier molecular flexibility index (Phi) is 7.95. The van der Waals surface area contributed by atoms with Crippen LogP contribution in [0.25, 0.3) is 0 Å². The van der Waals surface area contributed by atoms with Gasteiger partial charge in [-0.2, -0.15) is 0 Å². The first-order valence-electron chi connectivity index (χ1n) is 9.05. The lowest BCUT2D eigenvalue weighted by molar-refractivity contribution is 0.0827. The van der Waals surface area contributed by atoms with Crippen LogP contribution in [0, 0.1) is 0 Å². The molecular weight excluding hydrogens is 374 g/mol. The summed E-state index contributed by atoms with van der Waals surface area (Å²) < 4.78 is 5.32. The smallest absolute Gasteiger partial charge is 0.253 e. The van der Waals surface area contributed by atoms with Gasteiger partial charge in [-0.3, -0.25) is 9.79 Å². The first kappa shape index (κ1) is 21.8. The minimum atomic E-state index is 0.000441. The number of nitrogens with one attached hydrogen (secondary N) is 1. The standard InChI is InChI=1S/C20H29N5O2S/c1-14(27-6)18-23-17(13-28-18)12-25(5)20(21-2)22-11-15-7-9-16(10-8-15)19(26)24(3)4/h7-10,13-14H,11-12H2,1-6H3,(H,21,22). The summed E-state index contributed by atoms with van der Waals surface area (Å²) in [5.74, 6) is 0.781. The fourth-order valence-electron chi connectivity index (χ4n) is 2.59. The van der Waals surface area contributed by atoms with Crippen LogP contribution >= 0.6 is 11.3 Å². The van der Waals surface area contributed by atoms with Crippen LogP contribution in [0.4, 0.5) is 0 Å². The molecule has 0 aliphatic carbocycles. The van der Waals surface area contributed by atoms with E-state index in [0.717, 1.165) is 22.2 Å². The average molecular weight is 404 g/mol. The average Bonchev–Trinajstić information content (AvgIpc) is 3.16. The van der Waals surface area contributed by atoms with Crippen molar-refractivity contribution >= 4 is 23.2 Å². The Morgan fingerprint density at radius 2 is 1.96 bits per heavy atom. The molecule has 0 fully saturated rings. The second kappa shape index (κ2) is 10.2. The number of aliphatic imine (C=N–C) groups is 1. The zero-order valence-electron chi connectivity index (χ0n) is 17.4. The summed E-state index contributed by atoms with van der Waals surface area (Å²) in [4.78, 5) is 24.5. The number of aromatic nitrogens is 1. The number of carbonyl (C=O) groups is 1. The van der Waals surface area contributed by atoms with Crippen LogP contribution in [0.2, 0.25) is 0 Å². The normalized spacial score (nSPS) is 12.6. The lowest BCUT2D eigenvalue weighted by Gasteiger charge is -2.21. The van der Waals surface area contributed by atoms with Gasteiger partial charge >= 0.3 is 0 Å². The van der Waals surface area contributed by atoms with Crippen LogP contribution in [0.5, 0.6) is 0 Å². The third kappa shape index (κ3) is 5.77. The van der Waals surface area contributed by atoms with E-state index in [1.807, 2.05) is 43.1 Å². The Bertz CT molecular complexity index is 801. The lowest BCUT2D eigenvalue weighted by Crippen LogP contribution is -2.38. The van der Waals surface area contributed by atoms with Crippen LogP contribution in [0.15, 0.2) is 34.6 Å². The highest BCUT2D eigenvalue weighted by molar-refractivity contribution is 7.09. The van der Waals surface area contributed by atoms with Gasteiger partial charge in [0.1, 0.15) is 11.1 Å². The number of rotatable bonds is 7. The van der Waals surface area contributed by atoms with Crippen LogP contribution < -0.4 is 5.32 Å². The maximum Gasteiger partial charge on any atom is 0.253 e. The van der Waals surface area contributed by atoms with Crippen molar-refractivity contribution < 1.29 is 9.53 Å². The Morgan fingerprint density at radius 3 is 2.54 bits per heavy atom. The number of benzene rings is 1. The molecule has 1 aromatic carbocycles. The number of guanidine groups is 1. The molecule has 0 aliphatic rings. The number of thiazole rings is 1. The highest BCUT2D eigenvalue weighted by Gasteiger charge is 2.13. The van der Waals surface area contributed by atoms with E-state index in [0.29, 0.717) is 18.7 Å². The molecule has 2 aromatic rings. The molecule has 0 saturated carbocycles. The number of hydrogen-bond acceptors (Lipinski definition) is 5. The maximum absolute atomic E-state index is 12.0. The van der Waals surface area contributed by atoms with Gasteiger partial charge in [-0.05, 0) is 24.6 Å². The van der Waals surface area contributed by atoms with Gasteiger partial charge < -0.3 is 19.9 Å². The lowest BCUT2D eigenvalue weighted by atomic mass is 10.1. The van der Waals surface area contributed by atoms with Crippen molar-refractivity contribution in [3.05, 3.63) is 51.5 Å². The molecule has 0 bridgehead atoms. The van der Waals surface area contributed by atoms with E-state index >= 15 is 0 Å². The molecule has 1 unspecified atom stereocenters. The van der Waals surface area contributed by atoms with Crippen LogP contribution in [-0.2, 0) is 17.8 Å². The van der Waals surface area contributed by atoms with Crippen molar-refractivity contribution in [3.8, 4) is 0 Å². The number of amides is 1. The minimum absolute atomic E-state index is 0.000441. The molecular formula is C20H29N5O2S. The van der Waals surface area contributed by atoms with E-state index in [4.69, 9.17) is 4.74 Å². The molecule has 0 saturated heterocycles. The molecule has 2 rings (SSSR count). The molecule has 0 spiro atoms. The summed E-state index contributed by atoms with van der Waals surface area (Å²) in [5, 5.41) is 6.37. The zero-order valence-corrected chi connectivity index (χ0v) is 18.2. The van der Waals surface area contributed by atoms with Crippen LogP contribution in [0.3, 0.4) is 0 Å². The first-order chi connectivity index (χ1) is 13.3. The highest BCUT2D eigenvalue weighted by atomic mass is 32.1. The van der Waals surface area contributed by atoms with Crippen molar-refractivity contribution in [1.29, 1.82) is 0 Å². The summed E-state index contributed by atoms with van der Waals surface area (Å²) in [6.07, 6.45) is 0.00356. The van der Waals surface area contributed by atoms with Crippen molar-refractivity contribution in [3.63, 3.8) is 0 Å². The molecule has 1 atom stereocenters. The van der Waals surface area contributed by atoms with Crippen molar-refractivity contribution in [2.45, 2.75) is 26.1 Å². The Balaban J connectivity index is 1.93. The Hall–Kier alpha value is -2.45. The predicted octanol–water partition coefficient (Wildman–Crippen LogP) is 2.76. The molecule has 1 amide bonds. The molecule has 8 heteroatoms. The first-order valence-corrected chi connectivity index (χ1v) is 9.93. The fraction of sp³-hybridized carbons (Fsp3) is 0.450. The predicted molar refractivity (Wildman–Crippen MR) is 114 cm³/mol. The van der Waals surface area contributed by atoms with Gasteiger partial charge in [-0.1, -0.05) is 12.1 Å². The van der Waals surface area contributed by atoms with E-state index < -0.39 is 0 Å². The van der Waals surface area contributed by atoms with E-state index in [2.05, 4.69) is 20.7 Å². The maximum atomic E-state index is 12.0. The number of methoxy groups -OCH3 is 1. The van der Waals surface area contributed by atoms with Crippen LogP contribution in [-0.4, -0.2) is 62.0 Å². The fourth-order valence-corrected chi connectivity index (χ4v) is 3.43. The highest BCUT2D eigenvalue weighted by Crippen LogP contribution is 2.20. The van der Waals surface area contributed by atoms with E-state index in [-0.39, 0.29) is 12.0 Å². The van der Waals surface area contributed by atoms with Gasteiger partial charge in [-0.15, -0.1) is 11.3 Å². The topological polar surface area (TPSA) is 70.1 Å². The molecule has 1 aromatic heterocycles. The number of hydrogen-bond donors (Lipinski definition) is 1. The second-order valence-corrected chi connectivity index (χ2v) is 7.60. The summed E-state index contributed by atoms with van der Waals surface area (Å²) in [6.45, 7) is 3.27. The molecule has 0 aliphatic heterocycles. The van der Waals surface area contributed by atoms with Crippen LogP contribution in [0.1, 0.15) is 39.7 Å². The van der Waals surface area contributed by atoms with Gasteiger partial charge in [0.15, 0.2) is 5.96 Å². The molecule has 152 valence electrons.